The molecule has 0 spiro atoms. The fourth-order valence-corrected chi connectivity index (χ4v) is 3.66. The van der Waals surface area contributed by atoms with Gasteiger partial charge in [-0.25, -0.2) is 9.59 Å². The molecule has 166 valence electrons. The zero-order chi connectivity index (χ0) is 22.8. The molecule has 1 aliphatic rings. The Morgan fingerprint density at radius 1 is 0.968 bits per heavy atom. The summed E-state index contributed by atoms with van der Waals surface area (Å²) in [4.78, 5) is 48.8. The van der Waals surface area contributed by atoms with E-state index >= 15 is 0 Å². The first-order chi connectivity index (χ1) is 14.9. The van der Waals surface area contributed by atoms with Crippen molar-refractivity contribution < 1.29 is 33.4 Å². The summed E-state index contributed by atoms with van der Waals surface area (Å²) in [6.07, 6.45) is 6.12. The molecule has 0 aliphatic heterocycles. The van der Waals surface area contributed by atoms with Gasteiger partial charge in [-0.2, -0.15) is 0 Å². The maximum atomic E-state index is 12.8. The Hall–Kier alpha value is -3.42. The standard InChI is InChI=1S/C23H27NO7/c1-4-31-23(28)20-16(10-12-18(25)29-2)14-17(11-13-19(26)30-3)21(20)24-22(27)15-8-6-5-7-9-15/h5-13,16-17,20-21H,4,14H2,1-3H3,(H,24,27)/b12-10+,13-11+/t16-,17+,20-,21+/m1/s1. The number of allylic oxidation sites excluding steroid dienone is 1. The van der Waals surface area contributed by atoms with Gasteiger partial charge in [-0.15, -0.1) is 0 Å². The lowest BCUT2D eigenvalue weighted by molar-refractivity contribution is -0.149. The molecule has 8 nitrogen and oxygen atoms in total. The van der Waals surface area contributed by atoms with E-state index in [2.05, 4.69) is 14.8 Å². The molecule has 1 fully saturated rings. The molecule has 1 amide bonds. The van der Waals surface area contributed by atoms with Crippen molar-refractivity contribution in [3.05, 3.63) is 60.2 Å². The molecule has 31 heavy (non-hydrogen) atoms. The quantitative estimate of drug-likeness (QED) is 0.383. The smallest absolute Gasteiger partial charge is 0.330 e. The molecular formula is C23H27NO7. The number of esters is 3. The Balaban J connectivity index is 2.39. The van der Waals surface area contributed by atoms with Gasteiger partial charge in [0.1, 0.15) is 0 Å². The van der Waals surface area contributed by atoms with E-state index < -0.39 is 35.8 Å². The normalized spacial score (nSPS) is 22.9. The van der Waals surface area contributed by atoms with Crippen molar-refractivity contribution in [1.82, 2.24) is 5.32 Å². The number of nitrogens with one attached hydrogen (secondary N) is 1. The summed E-state index contributed by atoms with van der Waals surface area (Å²) < 4.78 is 14.5. The van der Waals surface area contributed by atoms with Gasteiger partial charge in [-0.3, -0.25) is 9.59 Å². The Bertz CT molecular complexity index is 847. The lowest BCUT2D eigenvalue weighted by Gasteiger charge is -2.25. The monoisotopic (exact) mass is 429 g/mol. The van der Waals surface area contributed by atoms with Crippen LogP contribution in [0.5, 0.6) is 0 Å². The van der Waals surface area contributed by atoms with Crippen LogP contribution in [0, 0.1) is 17.8 Å². The fourth-order valence-electron chi connectivity index (χ4n) is 3.66. The minimum absolute atomic E-state index is 0.171. The first-order valence-corrected chi connectivity index (χ1v) is 9.96. The number of benzene rings is 1. The highest BCUT2D eigenvalue weighted by molar-refractivity contribution is 5.95. The van der Waals surface area contributed by atoms with Crippen molar-refractivity contribution in [1.29, 1.82) is 0 Å². The molecule has 1 aromatic carbocycles. The molecule has 0 radical (unpaired) electrons. The van der Waals surface area contributed by atoms with E-state index in [4.69, 9.17) is 4.74 Å². The van der Waals surface area contributed by atoms with Crippen LogP contribution in [0.4, 0.5) is 0 Å². The molecule has 0 bridgehead atoms. The average molecular weight is 429 g/mol. The molecule has 8 heteroatoms. The summed E-state index contributed by atoms with van der Waals surface area (Å²) in [6.45, 7) is 1.86. The van der Waals surface area contributed by atoms with Crippen molar-refractivity contribution in [2.24, 2.45) is 17.8 Å². The molecule has 4 atom stereocenters. The van der Waals surface area contributed by atoms with Crippen LogP contribution in [0.2, 0.25) is 0 Å². The van der Waals surface area contributed by atoms with Crippen molar-refractivity contribution in [2.75, 3.05) is 20.8 Å². The Labute approximate surface area is 181 Å². The van der Waals surface area contributed by atoms with Crippen LogP contribution in [0.15, 0.2) is 54.6 Å². The lowest BCUT2D eigenvalue weighted by Crippen LogP contribution is -2.45. The van der Waals surface area contributed by atoms with Crippen molar-refractivity contribution >= 4 is 23.8 Å². The highest BCUT2D eigenvalue weighted by Gasteiger charge is 2.47. The maximum absolute atomic E-state index is 12.8. The molecule has 1 N–H and O–H groups in total. The zero-order valence-corrected chi connectivity index (χ0v) is 17.8. The molecule has 2 rings (SSSR count). The van der Waals surface area contributed by atoms with Crippen molar-refractivity contribution in [3.8, 4) is 0 Å². The average Bonchev–Trinajstić information content (AvgIpc) is 3.13. The molecule has 0 heterocycles. The molecule has 1 saturated carbocycles. The van der Waals surface area contributed by atoms with Crippen molar-refractivity contribution in [2.45, 2.75) is 19.4 Å². The van der Waals surface area contributed by atoms with Gasteiger partial charge in [0.2, 0.25) is 0 Å². The van der Waals surface area contributed by atoms with Crippen LogP contribution in [-0.4, -0.2) is 50.7 Å². The van der Waals surface area contributed by atoms with Crippen LogP contribution >= 0.6 is 0 Å². The molecule has 0 unspecified atom stereocenters. The maximum Gasteiger partial charge on any atom is 0.330 e. The Morgan fingerprint density at radius 2 is 1.55 bits per heavy atom. The number of hydrogen-bond acceptors (Lipinski definition) is 7. The minimum Gasteiger partial charge on any atom is -0.466 e. The van der Waals surface area contributed by atoms with Gasteiger partial charge in [0.25, 0.3) is 5.91 Å². The third-order valence-corrected chi connectivity index (χ3v) is 5.11. The Kier molecular flexibility index (Phi) is 8.99. The summed E-state index contributed by atoms with van der Waals surface area (Å²) in [5, 5.41) is 2.91. The third-order valence-electron chi connectivity index (χ3n) is 5.11. The summed E-state index contributed by atoms with van der Waals surface area (Å²) in [6, 6.07) is 7.95. The number of ether oxygens (including phenoxy) is 3. The highest BCUT2D eigenvalue weighted by atomic mass is 16.5. The van der Waals surface area contributed by atoms with E-state index in [9.17, 15) is 19.2 Å². The summed E-state index contributed by atoms with van der Waals surface area (Å²) in [5.74, 6) is -3.47. The second kappa shape index (κ2) is 11.7. The van der Waals surface area contributed by atoms with Gasteiger partial charge in [0, 0.05) is 23.8 Å². The van der Waals surface area contributed by atoms with E-state index in [1.165, 1.54) is 26.4 Å². The van der Waals surface area contributed by atoms with Crippen LogP contribution in [0.1, 0.15) is 23.7 Å². The van der Waals surface area contributed by atoms with Crippen LogP contribution < -0.4 is 5.32 Å². The number of carbonyl (C=O) groups excluding carboxylic acids is 4. The summed E-state index contributed by atoms with van der Waals surface area (Å²) >= 11 is 0. The first kappa shape index (κ1) is 23.9. The van der Waals surface area contributed by atoms with E-state index in [1.54, 1.807) is 49.4 Å². The van der Waals surface area contributed by atoms with Gasteiger partial charge in [0.05, 0.1) is 26.7 Å². The van der Waals surface area contributed by atoms with E-state index in [0.29, 0.717) is 12.0 Å². The van der Waals surface area contributed by atoms with Crippen LogP contribution in [0.3, 0.4) is 0 Å². The van der Waals surface area contributed by atoms with Crippen LogP contribution in [0.25, 0.3) is 0 Å². The van der Waals surface area contributed by atoms with Gasteiger partial charge >= 0.3 is 17.9 Å². The van der Waals surface area contributed by atoms with Gasteiger partial charge in [-0.05, 0) is 37.3 Å². The predicted octanol–water partition coefficient (Wildman–Crippen LogP) is 2.06. The fraction of sp³-hybridized carbons (Fsp3) is 0.391. The van der Waals surface area contributed by atoms with E-state index in [-0.39, 0.29) is 18.4 Å². The van der Waals surface area contributed by atoms with Gasteiger partial charge < -0.3 is 19.5 Å². The molecule has 1 aliphatic carbocycles. The topological polar surface area (TPSA) is 108 Å². The largest absolute Gasteiger partial charge is 0.466 e. The van der Waals surface area contributed by atoms with Gasteiger partial charge in [0.15, 0.2) is 0 Å². The van der Waals surface area contributed by atoms with E-state index in [0.717, 1.165) is 0 Å². The summed E-state index contributed by atoms with van der Waals surface area (Å²) in [5.41, 5.74) is 0.439. The number of rotatable bonds is 8. The minimum atomic E-state index is -0.749. The molecule has 0 saturated heterocycles. The Morgan fingerprint density at radius 3 is 2.10 bits per heavy atom. The number of amides is 1. The second-order valence-corrected chi connectivity index (χ2v) is 6.97. The number of carbonyl (C=O) groups is 4. The first-order valence-electron chi connectivity index (χ1n) is 9.96. The third kappa shape index (κ3) is 6.53. The number of hydrogen-bond donors (Lipinski definition) is 1. The molecule has 0 aromatic heterocycles. The van der Waals surface area contributed by atoms with Crippen LogP contribution in [-0.2, 0) is 28.6 Å². The SMILES string of the molecule is CCOC(=O)[C@H]1[C@@H](NC(=O)c2ccccc2)[C@@H](/C=C/C(=O)OC)C[C@H]1/C=C/C(=O)OC. The highest BCUT2D eigenvalue weighted by Crippen LogP contribution is 2.39. The number of methoxy groups -OCH3 is 2. The van der Waals surface area contributed by atoms with E-state index in [1.807, 2.05) is 0 Å². The predicted molar refractivity (Wildman–Crippen MR) is 112 cm³/mol. The second-order valence-electron chi connectivity index (χ2n) is 6.97. The summed E-state index contributed by atoms with van der Waals surface area (Å²) in [7, 11) is 2.52. The van der Waals surface area contributed by atoms with Gasteiger partial charge in [-0.1, -0.05) is 30.4 Å². The molecular weight excluding hydrogens is 402 g/mol. The van der Waals surface area contributed by atoms with Crippen molar-refractivity contribution in [3.63, 3.8) is 0 Å². The lowest BCUT2D eigenvalue weighted by atomic mass is 9.92. The molecule has 1 aromatic rings. The zero-order valence-electron chi connectivity index (χ0n) is 17.8.